The first-order valence-electron chi connectivity index (χ1n) is 12.1. The van der Waals surface area contributed by atoms with E-state index in [1.807, 2.05) is 43.6 Å². The van der Waals surface area contributed by atoms with Crippen molar-refractivity contribution in [3.05, 3.63) is 66.6 Å². The van der Waals surface area contributed by atoms with E-state index in [-0.39, 0.29) is 0 Å². The van der Waals surface area contributed by atoms with Crippen molar-refractivity contribution in [1.29, 1.82) is 0 Å². The van der Waals surface area contributed by atoms with Crippen LogP contribution in [0.5, 0.6) is 0 Å². The molecule has 5 heterocycles. The van der Waals surface area contributed by atoms with Crippen LogP contribution in [0.1, 0.15) is 19.5 Å². The van der Waals surface area contributed by atoms with Gasteiger partial charge in [-0.15, -0.1) is 0 Å². The van der Waals surface area contributed by atoms with Crippen molar-refractivity contribution in [2.24, 2.45) is 0 Å². The van der Waals surface area contributed by atoms with Gasteiger partial charge in [-0.25, -0.2) is 9.97 Å². The van der Waals surface area contributed by atoms with Crippen LogP contribution in [0, 0.1) is 6.92 Å². The van der Waals surface area contributed by atoms with Crippen LogP contribution in [0.15, 0.2) is 60.9 Å². The predicted molar refractivity (Wildman–Crippen MR) is 147 cm³/mol. The fourth-order valence-electron chi connectivity index (χ4n) is 4.82. The second-order valence-corrected chi connectivity index (χ2v) is 10.5. The van der Waals surface area contributed by atoms with Gasteiger partial charge in [0.25, 0.3) is 0 Å². The number of rotatable bonds is 5. The van der Waals surface area contributed by atoms with Crippen LogP contribution in [0.25, 0.3) is 32.7 Å². The van der Waals surface area contributed by atoms with Crippen molar-refractivity contribution < 1.29 is 0 Å². The number of piperazine rings is 1. The van der Waals surface area contributed by atoms with Gasteiger partial charge in [0, 0.05) is 36.4 Å². The highest BCUT2D eigenvalue weighted by Gasteiger charge is 2.21. The first-order chi connectivity index (χ1) is 17.5. The Labute approximate surface area is 213 Å². The number of thiazole rings is 1. The molecule has 0 unspecified atom stereocenters. The zero-order valence-electron chi connectivity index (χ0n) is 20.5. The van der Waals surface area contributed by atoms with E-state index in [1.165, 1.54) is 0 Å². The predicted octanol–water partition coefficient (Wildman–Crippen LogP) is 5.38. The number of benzene rings is 1. The van der Waals surface area contributed by atoms with E-state index in [4.69, 9.17) is 4.98 Å². The molecule has 0 bridgehead atoms. The molecule has 2 atom stereocenters. The number of fused-ring (bicyclic) bond motifs is 1. The van der Waals surface area contributed by atoms with Crippen LogP contribution in [-0.4, -0.2) is 50.3 Å². The number of H-pyrrole nitrogens is 1. The highest BCUT2D eigenvalue weighted by atomic mass is 32.1. The lowest BCUT2D eigenvalue weighted by molar-refractivity contribution is 0.407. The zero-order valence-corrected chi connectivity index (χ0v) is 21.3. The van der Waals surface area contributed by atoms with Crippen molar-refractivity contribution in [3.63, 3.8) is 0 Å². The Morgan fingerprint density at radius 3 is 2.64 bits per heavy atom. The molecule has 4 aromatic heterocycles. The standard InChI is InChI=1S/C27H28N8S/c1-16-5-4-6-23(31-16)26-21(13-29-34-26)19-7-9-22-24(11-19)36-27(32-22)33-25-10-8-20(12-28-25)35-14-17(2)30-18(3)15-35/h4-13,17-18,30H,14-15H2,1-3H3,(H,29,34)(H,28,32,33)/t17-,18+. The van der Waals surface area contributed by atoms with Crippen LogP contribution >= 0.6 is 11.3 Å². The largest absolute Gasteiger partial charge is 0.367 e. The second-order valence-electron chi connectivity index (χ2n) is 9.42. The Hall–Kier alpha value is -3.82. The molecular weight excluding hydrogens is 468 g/mol. The molecule has 0 saturated carbocycles. The van der Waals surface area contributed by atoms with Crippen molar-refractivity contribution in [3.8, 4) is 22.5 Å². The number of anilines is 3. The molecule has 0 radical (unpaired) electrons. The molecular formula is C27H28N8S. The van der Waals surface area contributed by atoms with Gasteiger partial charge < -0.3 is 15.5 Å². The molecule has 36 heavy (non-hydrogen) atoms. The van der Waals surface area contributed by atoms with E-state index < -0.39 is 0 Å². The summed E-state index contributed by atoms with van der Waals surface area (Å²) in [6.45, 7) is 8.40. The molecule has 182 valence electrons. The Morgan fingerprint density at radius 2 is 1.86 bits per heavy atom. The average Bonchev–Trinajstić information content (AvgIpc) is 3.50. The fraction of sp³-hybridized carbons (Fsp3) is 0.259. The number of hydrogen-bond acceptors (Lipinski definition) is 8. The summed E-state index contributed by atoms with van der Waals surface area (Å²) in [6.07, 6.45) is 3.80. The number of aromatic nitrogens is 5. The van der Waals surface area contributed by atoms with Crippen LogP contribution in [-0.2, 0) is 0 Å². The lowest BCUT2D eigenvalue weighted by atomic mass is 10.0. The van der Waals surface area contributed by atoms with Gasteiger partial charge in [-0.3, -0.25) is 10.1 Å². The molecule has 0 amide bonds. The number of nitrogens with zero attached hydrogens (tertiary/aromatic N) is 5. The summed E-state index contributed by atoms with van der Waals surface area (Å²) in [5.74, 6) is 0.789. The van der Waals surface area contributed by atoms with Gasteiger partial charge in [0.15, 0.2) is 5.13 Å². The third-order valence-electron chi connectivity index (χ3n) is 6.39. The van der Waals surface area contributed by atoms with Crippen LogP contribution in [0.2, 0.25) is 0 Å². The normalized spacial score (nSPS) is 18.0. The third kappa shape index (κ3) is 4.55. The Balaban J connectivity index is 1.22. The van der Waals surface area contributed by atoms with Crippen molar-refractivity contribution >= 4 is 38.2 Å². The Bertz CT molecular complexity index is 1500. The highest BCUT2D eigenvalue weighted by molar-refractivity contribution is 7.22. The fourth-order valence-corrected chi connectivity index (χ4v) is 5.73. The molecule has 1 aromatic carbocycles. The molecule has 1 fully saturated rings. The highest BCUT2D eigenvalue weighted by Crippen LogP contribution is 2.35. The maximum absolute atomic E-state index is 4.77. The summed E-state index contributed by atoms with van der Waals surface area (Å²) in [5.41, 5.74) is 6.96. The zero-order chi connectivity index (χ0) is 24.6. The van der Waals surface area contributed by atoms with Gasteiger partial charge in [0.1, 0.15) is 5.82 Å². The molecule has 6 rings (SSSR count). The number of aryl methyl sites for hydroxylation is 1. The molecule has 0 spiro atoms. The van der Waals surface area contributed by atoms with E-state index in [2.05, 4.69) is 73.8 Å². The van der Waals surface area contributed by atoms with Gasteiger partial charge in [0.05, 0.1) is 39.7 Å². The molecule has 1 aliphatic heterocycles. The first-order valence-corrected chi connectivity index (χ1v) is 13.0. The van der Waals surface area contributed by atoms with Crippen molar-refractivity contribution in [1.82, 2.24) is 30.5 Å². The third-order valence-corrected chi connectivity index (χ3v) is 7.32. The number of pyridine rings is 2. The molecule has 1 saturated heterocycles. The minimum atomic E-state index is 0.463. The molecule has 5 aromatic rings. The van der Waals surface area contributed by atoms with Crippen LogP contribution in [0.4, 0.5) is 16.6 Å². The van der Waals surface area contributed by atoms with Gasteiger partial charge in [0.2, 0.25) is 0 Å². The van der Waals surface area contributed by atoms with E-state index in [0.29, 0.717) is 12.1 Å². The maximum atomic E-state index is 4.77. The molecule has 3 N–H and O–H groups in total. The van der Waals surface area contributed by atoms with Crippen LogP contribution in [0.3, 0.4) is 0 Å². The van der Waals surface area contributed by atoms with E-state index in [0.717, 1.165) is 68.2 Å². The SMILES string of the molecule is Cc1cccc(-c2[nH]ncc2-c2ccc3nc(Nc4ccc(N5C[C@@H](C)N[C@@H](C)C5)cn4)sc3c2)n1. The van der Waals surface area contributed by atoms with E-state index >= 15 is 0 Å². The molecule has 0 aliphatic carbocycles. The number of nitrogens with one attached hydrogen (secondary N) is 3. The Morgan fingerprint density at radius 1 is 1.00 bits per heavy atom. The monoisotopic (exact) mass is 496 g/mol. The molecule has 1 aliphatic rings. The number of hydrogen-bond donors (Lipinski definition) is 3. The van der Waals surface area contributed by atoms with E-state index in [1.54, 1.807) is 11.3 Å². The summed E-state index contributed by atoms with van der Waals surface area (Å²) in [6, 6.07) is 17.4. The summed E-state index contributed by atoms with van der Waals surface area (Å²) >= 11 is 1.61. The summed E-state index contributed by atoms with van der Waals surface area (Å²) in [4.78, 5) is 16.5. The lowest BCUT2D eigenvalue weighted by Crippen LogP contribution is -2.54. The minimum absolute atomic E-state index is 0.463. The minimum Gasteiger partial charge on any atom is -0.367 e. The van der Waals surface area contributed by atoms with Crippen molar-refractivity contribution in [2.75, 3.05) is 23.3 Å². The van der Waals surface area contributed by atoms with Gasteiger partial charge in [-0.2, -0.15) is 5.10 Å². The number of aromatic amines is 1. The topological polar surface area (TPSA) is 94.7 Å². The molecule has 8 nitrogen and oxygen atoms in total. The summed E-state index contributed by atoms with van der Waals surface area (Å²) < 4.78 is 1.10. The van der Waals surface area contributed by atoms with Gasteiger partial charge in [-0.05, 0) is 62.7 Å². The van der Waals surface area contributed by atoms with Gasteiger partial charge >= 0.3 is 0 Å². The summed E-state index contributed by atoms with van der Waals surface area (Å²) in [7, 11) is 0. The first kappa shape index (κ1) is 22.6. The smallest absolute Gasteiger partial charge is 0.189 e. The van der Waals surface area contributed by atoms with Crippen LogP contribution < -0.4 is 15.5 Å². The lowest BCUT2D eigenvalue weighted by Gasteiger charge is -2.37. The molecule has 9 heteroatoms. The Kier molecular flexibility index (Phi) is 5.86. The van der Waals surface area contributed by atoms with Gasteiger partial charge in [-0.1, -0.05) is 23.5 Å². The van der Waals surface area contributed by atoms with Crippen molar-refractivity contribution in [2.45, 2.75) is 32.9 Å². The summed E-state index contributed by atoms with van der Waals surface area (Å²) in [5, 5.41) is 15.2. The quantitative estimate of drug-likeness (QED) is 0.301. The second kappa shape index (κ2) is 9.33. The maximum Gasteiger partial charge on any atom is 0.189 e. The average molecular weight is 497 g/mol. The van der Waals surface area contributed by atoms with E-state index in [9.17, 15) is 0 Å².